The third-order valence-corrected chi connectivity index (χ3v) is 2.99. The zero-order valence-corrected chi connectivity index (χ0v) is 10.4. The Balaban J connectivity index is 2.80. The summed E-state index contributed by atoms with van der Waals surface area (Å²) in [7, 11) is 0. The van der Waals surface area contributed by atoms with Gasteiger partial charge in [-0.2, -0.15) is 0 Å². The highest BCUT2D eigenvalue weighted by Crippen LogP contribution is 2.24. The Morgan fingerprint density at radius 3 is 2.57 bits per heavy atom. The molecule has 2 nitrogen and oxygen atoms in total. The van der Waals surface area contributed by atoms with E-state index in [2.05, 4.69) is 47.2 Å². The minimum Gasteiger partial charge on any atom is -0.380 e. The number of hydrogen-bond donors (Lipinski definition) is 2. The first kappa shape index (κ1) is 11.5. The van der Waals surface area contributed by atoms with Crippen molar-refractivity contribution in [3.05, 3.63) is 28.2 Å². The van der Waals surface area contributed by atoms with Crippen LogP contribution in [0.25, 0.3) is 0 Å². The van der Waals surface area contributed by atoms with E-state index < -0.39 is 0 Å². The smallest absolute Gasteiger partial charge is 0.0489 e. The molecule has 1 rings (SSSR count). The van der Waals surface area contributed by atoms with E-state index in [1.807, 2.05) is 13.0 Å². The van der Waals surface area contributed by atoms with Crippen molar-refractivity contribution in [3.8, 4) is 0 Å². The van der Waals surface area contributed by atoms with Gasteiger partial charge in [0, 0.05) is 22.2 Å². The van der Waals surface area contributed by atoms with Crippen molar-refractivity contribution in [3.63, 3.8) is 0 Å². The summed E-state index contributed by atoms with van der Waals surface area (Å²) in [4.78, 5) is 0. The van der Waals surface area contributed by atoms with Crippen molar-refractivity contribution < 1.29 is 0 Å². The first-order chi connectivity index (χ1) is 6.50. The predicted molar refractivity (Wildman–Crippen MR) is 65.6 cm³/mol. The fraction of sp³-hybridized carbons (Fsp3) is 0.455. The van der Waals surface area contributed by atoms with Crippen molar-refractivity contribution >= 4 is 21.6 Å². The van der Waals surface area contributed by atoms with Crippen LogP contribution >= 0.6 is 15.9 Å². The molecule has 0 bridgehead atoms. The van der Waals surface area contributed by atoms with Gasteiger partial charge in [-0.15, -0.1) is 0 Å². The number of rotatable bonds is 3. The predicted octanol–water partition coefficient (Wildman–Crippen LogP) is 2.91. The number of nitrogens with two attached hydrogens (primary N) is 1. The number of benzene rings is 1. The van der Waals surface area contributed by atoms with Gasteiger partial charge in [0.2, 0.25) is 0 Å². The van der Waals surface area contributed by atoms with E-state index in [0.717, 1.165) is 10.2 Å². The van der Waals surface area contributed by atoms with E-state index in [-0.39, 0.29) is 12.1 Å². The minimum absolute atomic E-state index is 0.141. The summed E-state index contributed by atoms with van der Waals surface area (Å²) in [6, 6.07) is 6.65. The standard InChI is InChI=1S/C11H17BrN2/c1-7-4-5-10(12)11(6-7)14-9(3)8(2)13/h4-6,8-9,14H,13H2,1-3H3. The highest BCUT2D eigenvalue weighted by molar-refractivity contribution is 9.10. The molecule has 2 atom stereocenters. The second-order valence-corrected chi connectivity index (χ2v) is 4.63. The van der Waals surface area contributed by atoms with Crippen molar-refractivity contribution in [2.24, 2.45) is 5.73 Å². The zero-order valence-electron chi connectivity index (χ0n) is 8.84. The Kier molecular flexibility index (Phi) is 3.96. The molecule has 0 saturated heterocycles. The Hall–Kier alpha value is -0.540. The van der Waals surface area contributed by atoms with Gasteiger partial charge in [0.1, 0.15) is 0 Å². The Morgan fingerprint density at radius 2 is 2.00 bits per heavy atom. The maximum atomic E-state index is 5.79. The molecule has 0 amide bonds. The van der Waals surface area contributed by atoms with E-state index in [9.17, 15) is 0 Å². The minimum atomic E-state index is 0.141. The lowest BCUT2D eigenvalue weighted by molar-refractivity contribution is 0.638. The molecule has 0 aliphatic rings. The van der Waals surface area contributed by atoms with Gasteiger partial charge < -0.3 is 11.1 Å². The molecule has 0 aromatic heterocycles. The van der Waals surface area contributed by atoms with Crippen LogP contribution in [-0.4, -0.2) is 12.1 Å². The first-order valence-corrected chi connectivity index (χ1v) is 5.58. The largest absolute Gasteiger partial charge is 0.380 e. The molecule has 2 unspecified atom stereocenters. The monoisotopic (exact) mass is 256 g/mol. The highest BCUT2D eigenvalue weighted by Gasteiger charge is 2.08. The van der Waals surface area contributed by atoms with Gasteiger partial charge in [0.15, 0.2) is 0 Å². The van der Waals surface area contributed by atoms with E-state index in [0.29, 0.717) is 0 Å². The molecule has 3 heteroatoms. The molecule has 3 N–H and O–H groups in total. The second-order valence-electron chi connectivity index (χ2n) is 3.78. The maximum Gasteiger partial charge on any atom is 0.0489 e. The van der Waals surface area contributed by atoms with Crippen LogP contribution in [0.4, 0.5) is 5.69 Å². The number of halogens is 1. The first-order valence-electron chi connectivity index (χ1n) is 4.79. The summed E-state index contributed by atoms with van der Waals surface area (Å²) in [5, 5.41) is 3.38. The molecule has 1 aromatic rings. The van der Waals surface area contributed by atoms with E-state index in [1.54, 1.807) is 0 Å². The van der Waals surface area contributed by atoms with Gasteiger partial charge in [-0.25, -0.2) is 0 Å². The molecule has 0 heterocycles. The number of nitrogens with one attached hydrogen (secondary N) is 1. The average Bonchev–Trinajstić information content (AvgIpc) is 2.11. The Morgan fingerprint density at radius 1 is 1.36 bits per heavy atom. The Bertz CT molecular complexity index is 310. The summed E-state index contributed by atoms with van der Waals surface area (Å²) in [5.41, 5.74) is 8.14. The quantitative estimate of drug-likeness (QED) is 0.873. The second kappa shape index (κ2) is 4.80. The third kappa shape index (κ3) is 3.00. The maximum absolute atomic E-state index is 5.79. The van der Waals surface area contributed by atoms with Crippen LogP contribution in [0.1, 0.15) is 19.4 Å². The van der Waals surface area contributed by atoms with E-state index in [4.69, 9.17) is 5.73 Å². The third-order valence-electron chi connectivity index (χ3n) is 2.29. The summed E-state index contributed by atoms with van der Waals surface area (Å²) >= 11 is 3.50. The van der Waals surface area contributed by atoms with Crippen LogP contribution in [0.15, 0.2) is 22.7 Å². The molecule has 14 heavy (non-hydrogen) atoms. The number of hydrogen-bond acceptors (Lipinski definition) is 2. The van der Waals surface area contributed by atoms with Gasteiger partial charge in [-0.3, -0.25) is 0 Å². The van der Waals surface area contributed by atoms with Gasteiger partial charge in [0.25, 0.3) is 0 Å². The summed E-state index contributed by atoms with van der Waals surface area (Å²) in [5.74, 6) is 0. The van der Waals surface area contributed by atoms with Crippen LogP contribution in [0.5, 0.6) is 0 Å². The molecular formula is C11H17BrN2. The number of aryl methyl sites for hydroxylation is 1. The summed E-state index contributed by atoms with van der Waals surface area (Å²) in [6.45, 7) is 6.16. The highest BCUT2D eigenvalue weighted by atomic mass is 79.9. The van der Waals surface area contributed by atoms with Crippen molar-refractivity contribution in [1.82, 2.24) is 0 Å². The normalized spacial score (nSPS) is 14.9. The van der Waals surface area contributed by atoms with Crippen LogP contribution in [0, 0.1) is 6.92 Å². The summed E-state index contributed by atoms with van der Waals surface area (Å²) < 4.78 is 1.08. The lowest BCUT2D eigenvalue weighted by Gasteiger charge is -2.20. The molecule has 0 aliphatic carbocycles. The number of anilines is 1. The van der Waals surface area contributed by atoms with Crippen LogP contribution in [0.3, 0.4) is 0 Å². The van der Waals surface area contributed by atoms with Crippen LogP contribution in [-0.2, 0) is 0 Å². The molecule has 78 valence electrons. The lowest BCUT2D eigenvalue weighted by atomic mass is 10.1. The van der Waals surface area contributed by atoms with Crippen molar-refractivity contribution in [2.75, 3.05) is 5.32 Å². The van der Waals surface area contributed by atoms with Gasteiger partial charge in [-0.05, 0) is 54.4 Å². The molecule has 0 saturated carbocycles. The fourth-order valence-electron chi connectivity index (χ4n) is 1.13. The SMILES string of the molecule is Cc1ccc(Br)c(NC(C)C(C)N)c1. The van der Waals surface area contributed by atoms with Crippen molar-refractivity contribution in [2.45, 2.75) is 32.9 Å². The van der Waals surface area contributed by atoms with Gasteiger partial charge in [0.05, 0.1) is 0 Å². The summed E-state index contributed by atoms with van der Waals surface area (Å²) in [6.07, 6.45) is 0. The molecule has 0 spiro atoms. The van der Waals surface area contributed by atoms with Crippen LogP contribution < -0.4 is 11.1 Å². The zero-order chi connectivity index (χ0) is 10.7. The molecule has 1 aromatic carbocycles. The lowest BCUT2D eigenvalue weighted by Crippen LogP contribution is -2.35. The van der Waals surface area contributed by atoms with Crippen molar-refractivity contribution in [1.29, 1.82) is 0 Å². The van der Waals surface area contributed by atoms with E-state index >= 15 is 0 Å². The molecule has 0 radical (unpaired) electrons. The van der Waals surface area contributed by atoms with Gasteiger partial charge >= 0.3 is 0 Å². The molecule has 0 aliphatic heterocycles. The average molecular weight is 257 g/mol. The molecular weight excluding hydrogens is 240 g/mol. The molecule has 0 fully saturated rings. The topological polar surface area (TPSA) is 38.0 Å². The van der Waals surface area contributed by atoms with E-state index in [1.165, 1.54) is 5.56 Å². The van der Waals surface area contributed by atoms with Crippen LogP contribution in [0.2, 0.25) is 0 Å². The Labute approximate surface area is 94.0 Å². The fourth-order valence-corrected chi connectivity index (χ4v) is 1.49. The van der Waals surface area contributed by atoms with Gasteiger partial charge in [-0.1, -0.05) is 6.07 Å².